The third kappa shape index (κ3) is 3.58. The minimum Gasteiger partial charge on any atom is -0.481 e. The first-order valence-electron chi connectivity index (χ1n) is 8.44. The summed E-state index contributed by atoms with van der Waals surface area (Å²) in [5, 5.41) is 18.6. The van der Waals surface area contributed by atoms with Crippen LogP contribution in [0.2, 0.25) is 0 Å². The molecule has 2 rings (SSSR count). The Labute approximate surface area is 147 Å². The maximum atomic E-state index is 12.1. The van der Waals surface area contributed by atoms with E-state index in [-0.39, 0.29) is 18.9 Å². The highest BCUT2D eigenvalue weighted by molar-refractivity contribution is 5.97. The SMILES string of the molecule is CCc1c(C)c2c(c(C#N)c1C/C=C(\C)C(C)CC(=O)O)C(=O)OC2. The molecule has 0 bridgehead atoms. The standard InChI is InChI=1S/C20H23NO4/c1-5-14-13(4)17-10-25-20(24)19(17)16(9-21)15(14)7-6-11(2)12(3)8-18(22)23/h6,12H,5,7-8,10H2,1-4H3,(H,22,23)/b11-6+. The molecule has 5 heteroatoms. The average Bonchev–Trinajstić information content (AvgIpc) is 2.94. The molecular formula is C20H23NO4. The normalized spacial score (nSPS) is 14.7. The fourth-order valence-electron chi connectivity index (χ4n) is 3.38. The lowest BCUT2D eigenvalue weighted by atomic mass is 9.85. The van der Waals surface area contributed by atoms with Crippen LogP contribution in [0.3, 0.4) is 0 Å². The Balaban J connectivity index is 2.49. The first-order chi connectivity index (χ1) is 11.8. The van der Waals surface area contributed by atoms with Gasteiger partial charge >= 0.3 is 11.9 Å². The van der Waals surface area contributed by atoms with E-state index < -0.39 is 11.9 Å². The van der Waals surface area contributed by atoms with E-state index in [1.807, 2.05) is 33.8 Å². The van der Waals surface area contributed by atoms with Gasteiger partial charge in [0, 0.05) is 5.56 Å². The summed E-state index contributed by atoms with van der Waals surface area (Å²) in [4.78, 5) is 22.9. The Morgan fingerprint density at radius 1 is 1.44 bits per heavy atom. The van der Waals surface area contributed by atoms with E-state index in [9.17, 15) is 14.9 Å². The number of esters is 1. The van der Waals surface area contributed by atoms with E-state index in [1.54, 1.807) is 0 Å². The molecule has 0 fully saturated rings. The number of fused-ring (bicyclic) bond motifs is 1. The fraction of sp³-hybridized carbons (Fsp3) is 0.450. The zero-order valence-corrected chi connectivity index (χ0v) is 15.1. The lowest BCUT2D eigenvalue weighted by Crippen LogP contribution is -2.09. The number of aliphatic carboxylic acids is 1. The van der Waals surface area contributed by atoms with Gasteiger partial charge in [0.05, 0.1) is 17.5 Å². The largest absolute Gasteiger partial charge is 0.481 e. The topological polar surface area (TPSA) is 87.4 Å². The number of carbonyl (C=O) groups is 2. The van der Waals surface area contributed by atoms with Gasteiger partial charge in [0.1, 0.15) is 12.7 Å². The highest BCUT2D eigenvalue weighted by Gasteiger charge is 2.30. The third-order valence-electron chi connectivity index (χ3n) is 5.03. The predicted molar refractivity (Wildman–Crippen MR) is 93.3 cm³/mol. The molecule has 1 heterocycles. The highest BCUT2D eigenvalue weighted by Crippen LogP contribution is 2.34. The minimum atomic E-state index is -0.830. The van der Waals surface area contributed by atoms with Gasteiger partial charge in [-0.15, -0.1) is 0 Å². The molecule has 0 aromatic heterocycles. The Morgan fingerprint density at radius 2 is 2.12 bits per heavy atom. The van der Waals surface area contributed by atoms with E-state index in [0.717, 1.165) is 34.2 Å². The van der Waals surface area contributed by atoms with Crippen LogP contribution in [0.1, 0.15) is 65.4 Å². The van der Waals surface area contributed by atoms with Crippen LogP contribution in [-0.2, 0) is 29.0 Å². The van der Waals surface area contributed by atoms with Crippen molar-refractivity contribution < 1.29 is 19.4 Å². The van der Waals surface area contributed by atoms with Gasteiger partial charge in [-0.1, -0.05) is 25.5 Å². The number of carboxylic acids is 1. The van der Waals surface area contributed by atoms with Crippen molar-refractivity contribution in [2.45, 2.75) is 53.6 Å². The first-order valence-corrected chi connectivity index (χ1v) is 8.44. The van der Waals surface area contributed by atoms with Gasteiger partial charge in [0.25, 0.3) is 0 Å². The van der Waals surface area contributed by atoms with Crippen molar-refractivity contribution in [3.63, 3.8) is 0 Å². The average molecular weight is 341 g/mol. The number of carbonyl (C=O) groups excluding carboxylic acids is 1. The van der Waals surface area contributed by atoms with Crippen LogP contribution in [0, 0.1) is 24.2 Å². The second kappa shape index (κ2) is 7.52. The number of carboxylic acid groups (broad SMARTS) is 1. The van der Waals surface area contributed by atoms with E-state index in [1.165, 1.54) is 0 Å². The molecule has 1 N–H and O–H groups in total. The van der Waals surface area contributed by atoms with Gasteiger partial charge in [-0.25, -0.2) is 4.79 Å². The monoisotopic (exact) mass is 341 g/mol. The van der Waals surface area contributed by atoms with E-state index in [0.29, 0.717) is 17.5 Å². The molecule has 132 valence electrons. The quantitative estimate of drug-likeness (QED) is 0.629. The van der Waals surface area contributed by atoms with Crippen LogP contribution >= 0.6 is 0 Å². The van der Waals surface area contributed by atoms with Gasteiger partial charge in [-0.3, -0.25) is 4.79 Å². The van der Waals surface area contributed by atoms with Gasteiger partial charge in [0.15, 0.2) is 0 Å². The van der Waals surface area contributed by atoms with Crippen molar-refractivity contribution in [3.8, 4) is 6.07 Å². The van der Waals surface area contributed by atoms with Crippen LogP contribution < -0.4 is 0 Å². The smallest absolute Gasteiger partial charge is 0.340 e. The van der Waals surface area contributed by atoms with Crippen molar-refractivity contribution in [1.29, 1.82) is 5.26 Å². The molecular weight excluding hydrogens is 318 g/mol. The highest BCUT2D eigenvalue weighted by atomic mass is 16.5. The predicted octanol–water partition coefficient (Wildman–Crippen LogP) is 3.70. The minimum absolute atomic E-state index is 0.0730. The molecule has 1 aromatic rings. The summed E-state index contributed by atoms with van der Waals surface area (Å²) in [6.07, 6.45) is 3.30. The Hall–Kier alpha value is -2.61. The van der Waals surface area contributed by atoms with E-state index in [2.05, 4.69) is 6.07 Å². The molecule has 0 spiro atoms. The van der Waals surface area contributed by atoms with Gasteiger partial charge in [-0.2, -0.15) is 5.26 Å². The zero-order valence-electron chi connectivity index (χ0n) is 15.1. The van der Waals surface area contributed by atoms with Gasteiger partial charge < -0.3 is 9.84 Å². The van der Waals surface area contributed by atoms with E-state index in [4.69, 9.17) is 9.84 Å². The molecule has 0 saturated carbocycles. The van der Waals surface area contributed by atoms with Crippen LogP contribution in [0.4, 0.5) is 0 Å². The van der Waals surface area contributed by atoms with Crippen molar-refractivity contribution in [2.75, 3.05) is 0 Å². The summed E-state index contributed by atoms with van der Waals surface area (Å²) in [6.45, 7) is 8.00. The molecule has 1 aliphatic heterocycles. The number of hydrogen-bond acceptors (Lipinski definition) is 4. The number of ether oxygens (including phenoxy) is 1. The summed E-state index contributed by atoms with van der Waals surface area (Å²) in [5.41, 5.74) is 5.52. The van der Waals surface area contributed by atoms with Crippen LogP contribution in [0.15, 0.2) is 11.6 Å². The number of benzene rings is 1. The summed E-state index contributed by atoms with van der Waals surface area (Å²) in [5.74, 6) is -1.34. The number of nitriles is 1. The Bertz CT molecular complexity index is 799. The molecule has 1 aliphatic rings. The lowest BCUT2D eigenvalue weighted by Gasteiger charge is -2.16. The molecule has 0 saturated heterocycles. The Kier molecular flexibility index (Phi) is 5.63. The Morgan fingerprint density at radius 3 is 2.68 bits per heavy atom. The molecule has 1 atom stereocenters. The molecule has 0 aliphatic carbocycles. The number of cyclic esters (lactones) is 1. The first kappa shape index (κ1) is 18.7. The fourth-order valence-corrected chi connectivity index (χ4v) is 3.38. The van der Waals surface area contributed by atoms with E-state index >= 15 is 0 Å². The summed E-state index contributed by atoms with van der Waals surface area (Å²) in [7, 11) is 0. The zero-order chi connectivity index (χ0) is 18.7. The van der Waals surface area contributed by atoms with Crippen molar-refractivity contribution >= 4 is 11.9 Å². The van der Waals surface area contributed by atoms with Gasteiger partial charge in [-0.05, 0) is 49.3 Å². The van der Waals surface area contributed by atoms with Crippen molar-refractivity contribution in [2.24, 2.45) is 5.92 Å². The molecule has 25 heavy (non-hydrogen) atoms. The number of allylic oxidation sites excluding steroid dienone is 2. The molecule has 1 unspecified atom stereocenters. The maximum Gasteiger partial charge on any atom is 0.340 e. The second-order valence-electron chi connectivity index (χ2n) is 6.50. The molecule has 5 nitrogen and oxygen atoms in total. The summed E-state index contributed by atoms with van der Waals surface area (Å²) in [6, 6.07) is 2.19. The summed E-state index contributed by atoms with van der Waals surface area (Å²) < 4.78 is 5.14. The van der Waals surface area contributed by atoms with Crippen LogP contribution in [-0.4, -0.2) is 17.0 Å². The van der Waals surface area contributed by atoms with Crippen LogP contribution in [0.25, 0.3) is 0 Å². The maximum absolute atomic E-state index is 12.1. The van der Waals surface area contributed by atoms with Gasteiger partial charge in [0.2, 0.25) is 0 Å². The second-order valence-corrected chi connectivity index (χ2v) is 6.50. The molecule has 0 amide bonds. The van der Waals surface area contributed by atoms with Crippen molar-refractivity contribution in [3.05, 3.63) is 45.0 Å². The lowest BCUT2D eigenvalue weighted by molar-refractivity contribution is -0.137. The third-order valence-corrected chi connectivity index (χ3v) is 5.03. The number of hydrogen-bond donors (Lipinski definition) is 1. The summed E-state index contributed by atoms with van der Waals surface area (Å²) >= 11 is 0. The number of nitrogens with zero attached hydrogens (tertiary/aromatic N) is 1. The van der Waals surface area contributed by atoms with Crippen molar-refractivity contribution in [1.82, 2.24) is 0 Å². The molecule has 0 radical (unpaired) electrons. The van der Waals surface area contributed by atoms with Crippen LogP contribution in [0.5, 0.6) is 0 Å². The number of rotatable bonds is 6. The molecule has 1 aromatic carbocycles.